The van der Waals surface area contributed by atoms with E-state index in [9.17, 15) is 4.79 Å². The maximum Gasteiger partial charge on any atom is 0.166 e. The fourth-order valence-corrected chi connectivity index (χ4v) is 4.41. The van der Waals surface area contributed by atoms with Crippen LogP contribution in [0.5, 0.6) is 0 Å². The third kappa shape index (κ3) is 2.61. The van der Waals surface area contributed by atoms with Gasteiger partial charge in [0.05, 0.1) is 0 Å². The van der Waals surface area contributed by atoms with Crippen LogP contribution in [-0.2, 0) is 0 Å². The molecule has 2 saturated heterocycles. The number of hydrogen-bond donors (Lipinski definition) is 0. The smallest absolute Gasteiger partial charge is 0.166 e. The van der Waals surface area contributed by atoms with Crippen LogP contribution in [0, 0.1) is 5.92 Å². The van der Waals surface area contributed by atoms with Gasteiger partial charge in [-0.3, -0.25) is 4.79 Å². The lowest BCUT2D eigenvalue weighted by Crippen LogP contribution is -2.42. The van der Waals surface area contributed by atoms with Gasteiger partial charge < -0.3 is 4.90 Å². The van der Waals surface area contributed by atoms with Crippen LogP contribution in [0.1, 0.15) is 36.0 Å². The summed E-state index contributed by atoms with van der Waals surface area (Å²) in [6.07, 6.45) is 4.56. The molecule has 0 radical (unpaired) electrons. The molecular formula is C21H23NO. The fraction of sp³-hybridized carbons (Fsp3) is 0.381. The minimum Gasteiger partial charge on any atom is -0.300 e. The van der Waals surface area contributed by atoms with E-state index in [0.717, 1.165) is 29.5 Å². The van der Waals surface area contributed by atoms with Crippen molar-refractivity contribution in [3.05, 3.63) is 60.2 Å². The van der Waals surface area contributed by atoms with E-state index in [0.29, 0.717) is 17.9 Å². The van der Waals surface area contributed by atoms with E-state index in [2.05, 4.69) is 30.1 Å². The maximum absolute atomic E-state index is 13.2. The number of Topliss-reactive ketones (excluding diaryl/α,β-unsaturated/α-hetero) is 1. The Balaban J connectivity index is 1.65. The molecule has 2 aromatic rings. The van der Waals surface area contributed by atoms with E-state index in [1.54, 1.807) is 0 Å². The van der Waals surface area contributed by atoms with Gasteiger partial charge in [-0.15, -0.1) is 0 Å². The highest BCUT2D eigenvalue weighted by atomic mass is 16.1. The Morgan fingerprint density at radius 3 is 2.22 bits per heavy atom. The fourth-order valence-electron chi connectivity index (χ4n) is 4.41. The topological polar surface area (TPSA) is 20.3 Å². The Morgan fingerprint density at radius 1 is 0.913 bits per heavy atom. The number of benzene rings is 2. The third-order valence-electron chi connectivity index (χ3n) is 5.75. The molecule has 0 aliphatic carbocycles. The summed E-state index contributed by atoms with van der Waals surface area (Å²) in [6, 6.07) is 19.6. The van der Waals surface area contributed by atoms with Crippen LogP contribution in [0.15, 0.2) is 54.6 Å². The molecule has 2 fully saturated rings. The van der Waals surface area contributed by atoms with Crippen LogP contribution >= 0.6 is 0 Å². The lowest BCUT2D eigenvalue weighted by Gasteiger charge is -2.35. The molecule has 2 heteroatoms. The van der Waals surface area contributed by atoms with Gasteiger partial charge in [0.2, 0.25) is 0 Å². The number of carbonyl (C=O) groups is 1. The predicted molar refractivity (Wildman–Crippen MR) is 93.5 cm³/mol. The normalized spacial score (nSPS) is 27.1. The summed E-state index contributed by atoms with van der Waals surface area (Å²) in [5.41, 5.74) is 3.10. The third-order valence-corrected chi connectivity index (χ3v) is 5.75. The molecule has 2 aliphatic rings. The molecule has 118 valence electrons. The van der Waals surface area contributed by atoms with Crippen molar-refractivity contribution in [2.75, 3.05) is 7.05 Å². The van der Waals surface area contributed by atoms with E-state index < -0.39 is 0 Å². The molecule has 2 heterocycles. The molecule has 2 aliphatic heterocycles. The van der Waals surface area contributed by atoms with E-state index in [1.165, 1.54) is 12.8 Å². The van der Waals surface area contributed by atoms with Crippen molar-refractivity contribution in [3.8, 4) is 11.1 Å². The number of hydrogen-bond acceptors (Lipinski definition) is 2. The van der Waals surface area contributed by atoms with E-state index in [-0.39, 0.29) is 5.92 Å². The largest absolute Gasteiger partial charge is 0.300 e. The molecule has 0 aromatic heterocycles. The maximum atomic E-state index is 13.2. The number of nitrogens with zero attached hydrogens (tertiary/aromatic N) is 1. The number of ketones is 1. The second-order valence-electron chi connectivity index (χ2n) is 6.99. The lowest BCUT2D eigenvalue weighted by molar-refractivity contribution is 0.0768. The zero-order valence-corrected chi connectivity index (χ0v) is 13.6. The van der Waals surface area contributed by atoms with E-state index in [4.69, 9.17) is 0 Å². The molecule has 2 atom stereocenters. The number of rotatable bonds is 3. The average molecular weight is 305 g/mol. The van der Waals surface area contributed by atoms with Gasteiger partial charge in [-0.2, -0.15) is 0 Å². The quantitative estimate of drug-likeness (QED) is 0.783. The molecular weight excluding hydrogens is 282 g/mol. The van der Waals surface area contributed by atoms with Crippen molar-refractivity contribution in [2.45, 2.75) is 37.8 Å². The van der Waals surface area contributed by atoms with Gasteiger partial charge in [0.25, 0.3) is 0 Å². The zero-order valence-electron chi connectivity index (χ0n) is 13.6. The molecule has 23 heavy (non-hydrogen) atoms. The Morgan fingerprint density at radius 2 is 1.52 bits per heavy atom. The van der Waals surface area contributed by atoms with Crippen LogP contribution < -0.4 is 0 Å². The summed E-state index contributed by atoms with van der Waals surface area (Å²) in [5, 5.41) is 0. The van der Waals surface area contributed by atoms with E-state index >= 15 is 0 Å². The molecule has 4 rings (SSSR count). The summed E-state index contributed by atoms with van der Waals surface area (Å²) in [6.45, 7) is 0. The number of piperidine rings is 1. The standard InChI is InChI=1S/C21H23NO/c1-22-17-11-12-18(22)14-16(13-17)21(23)20-10-6-5-9-19(20)15-7-3-2-4-8-15/h2-10,16-18H,11-14H2,1H3. The Labute approximate surface area is 138 Å². The van der Waals surface area contributed by atoms with Gasteiger partial charge in [0.15, 0.2) is 5.78 Å². The van der Waals surface area contributed by atoms with Crippen molar-refractivity contribution in [3.63, 3.8) is 0 Å². The van der Waals surface area contributed by atoms with Gasteiger partial charge in [0.1, 0.15) is 0 Å². The van der Waals surface area contributed by atoms with E-state index in [1.807, 2.05) is 36.4 Å². The summed E-state index contributed by atoms with van der Waals surface area (Å²) < 4.78 is 0. The molecule has 2 bridgehead atoms. The summed E-state index contributed by atoms with van der Waals surface area (Å²) in [7, 11) is 2.22. The van der Waals surface area contributed by atoms with Crippen molar-refractivity contribution < 1.29 is 4.79 Å². The van der Waals surface area contributed by atoms with Gasteiger partial charge in [-0.1, -0.05) is 54.6 Å². The van der Waals surface area contributed by atoms with Gasteiger partial charge in [-0.05, 0) is 43.9 Å². The molecule has 2 aromatic carbocycles. The molecule has 0 saturated carbocycles. The van der Waals surface area contributed by atoms with Crippen molar-refractivity contribution in [1.82, 2.24) is 4.90 Å². The molecule has 2 unspecified atom stereocenters. The second-order valence-corrected chi connectivity index (χ2v) is 6.99. The van der Waals surface area contributed by atoms with Gasteiger partial charge in [0, 0.05) is 23.6 Å². The summed E-state index contributed by atoms with van der Waals surface area (Å²) in [4.78, 5) is 15.7. The van der Waals surface area contributed by atoms with Crippen LogP contribution in [0.2, 0.25) is 0 Å². The van der Waals surface area contributed by atoms with Crippen molar-refractivity contribution in [1.29, 1.82) is 0 Å². The van der Waals surface area contributed by atoms with Crippen molar-refractivity contribution in [2.24, 2.45) is 5.92 Å². The highest BCUT2D eigenvalue weighted by Crippen LogP contribution is 2.39. The zero-order chi connectivity index (χ0) is 15.8. The molecule has 2 nitrogen and oxygen atoms in total. The Kier molecular flexibility index (Phi) is 3.78. The first-order valence-corrected chi connectivity index (χ1v) is 8.64. The Bertz CT molecular complexity index is 695. The van der Waals surface area contributed by atoms with Gasteiger partial charge in [-0.25, -0.2) is 0 Å². The number of carbonyl (C=O) groups excluding carboxylic acids is 1. The van der Waals surface area contributed by atoms with Crippen LogP contribution in [-0.4, -0.2) is 29.8 Å². The lowest BCUT2D eigenvalue weighted by atomic mass is 9.83. The molecule has 0 spiro atoms. The molecule has 0 N–H and O–H groups in total. The minimum atomic E-state index is 0.188. The monoisotopic (exact) mass is 305 g/mol. The highest BCUT2D eigenvalue weighted by Gasteiger charge is 2.41. The molecule has 0 amide bonds. The Hall–Kier alpha value is -1.93. The SMILES string of the molecule is CN1C2CCC1CC(C(=O)c1ccccc1-c1ccccc1)C2. The average Bonchev–Trinajstić information content (AvgIpc) is 2.83. The highest BCUT2D eigenvalue weighted by molar-refractivity contribution is 6.03. The van der Waals surface area contributed by atoms with Crippen LogP contribution in [0.3, 0.4) is 0 Å². The first-order chi connectivity index (χ1) is 11.2. The van der Waals surface area contributed by atoms with Gasteiger partial charge >= 0.3 is 0 Å². The van der Waals surface area contributed by atoms with Crippen LogP contribution in [0.25, 0.3) is 11.1 Å². The first-order valence-electron chi connectivity index (χ1n) is 8.64. The predicted octanol–water partition coefficient (Wildman–Crippen LogP) is 4.41. The first kappa shape index (κ1) is 14.6. The second kappa shape index (κ2) is 5.93. The number of fused-ring (bicyclic) bond motifs is 2. The summed E-state index contributed by atoms with van der Waals surface area (Å²) >= 11 is 0. The van der Waals surface area contributed by atoms with Crippen molar-refractivity contribution >= 4 is 5.78 Å². The van der Waals surface area contributed by atoms with Crippen LogP contribution in [0.4, 0.5) is 0 Å². The summed E-state index contributed by atoms with van der Waals surface area (Å²) in [5.74, 6) is 0.531. The minimum absolute atomic E-state index is 0.188.